The molecule has 0 radical (unpaired) electrons. The Morgan fingerprint density at radius 3 is 2.63 bits per heavy atom. The second kappa shape index (κ2) is 9.05. The van der Waals surface area contributed by atoms with E-state index in [1.54, 1.807) is 6.07 Å². The first-order valence-electron chi connectivity index (χ1n) is 11.0. The summed E-state index contributed by atoms with van der Waals surface area (Å²) in [5.41, 5.74) is 5.16. The molecule has 0 amide bonds. The van der Waals surface area contributed by atoms with Crippen molar-refractivity contribution < 1.29 is 19.1 Å². The summed E-state index contributed by atoms with van der Waals surface area (Å²) >= 11 is 0. The zero-order valence-electron chi connectivity index (χ0n) is 17.8. The van der Waals surface area contributed by atoms with Crippen LogP contribution in [-0.2, 0) is 11.3 Å². The molecule has 1 aromatic heterocycles. The van der Waals surface area contributed by atoms with E-state index in [0.717, 1.165) is 22.9 Å². The van der Waals surface area contributed by atoms with E-state index in [4.69, 9.17) is 14.3 Å². The fourth-order valence-electron chi connectivity index (χ4n) is 4.75. The number of carboxylic acids is 1. The number of rotatable bonds is 7. The van der Waals surface area contributed by atoms with Crippen LogP contribution in [0.5, 0.6) is 0 Å². The van der Waals surface area contributed by atoms with Crippen molar-refractivity contribution in [2.75, 3.05) is 0 Å². The van der Waals surface area contributed by atoms with Crippen LogP contribution in [0, 0.1) is 12.8 Å². The third-order valence-electron chi connectivity index (χ3n) is 6.37. The number of carboxylic acid groups (broad SMARTS) is 1. The summed E-state index contributed by atoms with van der Waals surface area (Å²) in [4.78, 5) is 11.1. The van der Waals surface area contributed by atoms with E-state index in [1.807, 2.05) is 18.2 Å². The Morgan fingerprint density at radius 1 is 1.13 bits per heavy atom. The van der Waals surface area contributed by atoms with Crippen LogP contribution in [0.25, 0.3) is 22.1 Å². The van der Waals surface area contributed by atoms with Gasteiger partial charge in [0, 0.05) is 5.39 Å². The summed E-state index contributed by atoms with van der Waals surface area (Å²) in [6.45, 7) is 4.99. The SMILES string of the molecule is CCC(OCc1ccc(-c2ccc3oc(C(=O)O)cc3c2)c(C)c1)C1CCCCC1. The number of carbonyl (C=O) groups is 1. The summed E-state index contributed by atoms with van der Waals surface area (Å²) in [5, 5.41) is 9.93. The number of furan rings is 1. The minimum absolute atomic E-state index is 0.0326. The molecule has 1 aliphatic carbocycles. The van der Waals surface area contributed by atoms with Crippen molar-refractivity contribution in [3.05, 3.63) is 59.4 Å². The number of ether oxygens (including phenoxy) is 1. The van der Waals surface area contributed by atoms with Crippen molar-refractivity contribution >= 4 is 16.9 Å². The minimum atomic E-state index is -1.05. The number of hydrogen-bond donors (Lipinski definition) is 1. The molecule has 1 fully saturated rings. The summed E-state index contributed by atoms with van der Waals surface area (Å²) in [5.74, 6) is -0.372. The zero-order chi connectivity index (χ0) is 21.1. The molecule has 1 heterocycles. The highest BCUT2D eigenvalue weighted by Gasteiger charge is 2.23. The van der Waals surface area contributed by atoms with Crippen molar-refractivity contribution in [3.63, 3.8) is 0 Å². The molecule has 158 valence electrons. The minimum Gasteiger partial charge on any atom is -0.475 e. The third kappa shape index (κ3) is 4.44. The Morgan fingerprint density at radius 2 is 1.93 bits per heavy atom. The Labute approximate surface area is 177 Å². The molecule has 0 bridgehead atoms. The van der Waals surface area contributed by atoms with E-state index in [2.05, 4.69) is 32.0 Å². The van der Waals surface area contributed by atoms with Gasteiger partial charge < -0.3 is 14.3 Å². The number of aromatic carboxylic acids is 1. The molecule has 2 aromatic carbocycles. The zero-order valence-corrected chi connectivity index (χ0v) is 17.8. The maximum absolute atomic E-state index is 11.1. The molecule has 4 nitrogen and oxygen atoms in total. The summed E-state index contributed by atoms with van der Waals surface area (Å²) in [7, 11) is 0. The van der Waals surface area contributed by atoms with Crippen LogP contribution in [-0.4, -0.2) is 17.2 Å². The fraction of sp³-hybridized carbons (Fsp3) is 0.423. The van der Waals surface area contributed by atoms with Crippen molar-refractivity contribution in [2.24, 2.45) is 5.92 Å². The first kappa shape index (κ1) is 20.7. The van der Waals surface area contributed by atoms with Gasteiger partial charge in [-0.2, -0.15) is 0 Å². The van der Waals surface area contributed by atoms with Crippen molar-refractivity contribution in [3.8, 4) is 11.1 Å². The average Bonchev–Trinajstić information content (AvgIpc) is 3.19. The third-order valence-corrected chi connectivity index (χ3v) is 6.37. The maximum Gasteiger partial charge on any atom is 0.371 e. The number of benzene rings is 2. The molecule has 3 aromatic rings. The lowest BCUT2D eigenvalue weighted by molar-refractivity contribution is -0.0123. The molecule has 4 heteroatoms. The summed E-state index contributed by atoms with van der Waals surface area (Å²) < 4.78 is 11.7. The molecule has 4 rings (SSSR count). The number of hydrogen-bond acceptors (Lipinski definition) is 3. The standard InChI is InChI=1S/C26H30O4/c1-3-23(19-7-5-4-6-8-19)29-16-18-9-11-22(17(2)13-18)20-10-12-24-21(14-20)15-25(30-24)26(27)28/h9-15,19,23H,3-8,16H2,1-2H3,(H,27,28). The predicted octanol–water partition coefficient (Wildman–Crippen LogP) is 6.98. The van der Waals surface area contributed by atoms with Crippen LogP contribution in [0.1, 0.15) is 67.1 Å². The lowest BCUT2D eigenvalue weighted by Gasteiger charge is -2.29. The van der Waals surface area contributed by atoms with Gasteiger partial charge in [-0.05, 0) is 72.6 Å². The summed E-state index contributed by atoms with van der Waals surface area (Å²) in [6, 6.07) is 13.9. The highest BCUT2D eigenvalue weighted by atomic mass is 16.5. The van der Waals surface area contributed by atoms with Crippen molar-refractivity contribution in [2.45, 2.75) is 65.1 Å². The highest BCUT2D eigenvalue weighted by molar-refractivity contribution is 5.93. The van der Waals surface area contributed by atoms with Crippen molar-refractivity contribution in [1.29, 1.82) is 0 Å². The van der Waals surface area contributed by atoms with Gasteiger partial charge in [0.1, 0.15) is 5.58 Å². The van der Waals surface area contributed by atoms with E-state index in [0.29, 0.717) is 24.2 Å². The van der Waals surface area contributed by atoms with Gasteiger partial charge in [-0.15, -0.1) is 0 Å². The molecule has 1 atom stereocenters. The topological polar surface area (TPSA) is 59.7 Å². The van der Waals surface area contributed by atoms with Gasteiger partial charge in [-0.1, -0.05) is 50.5 Å². The van der Waals surface area contributed by atoms with E-state index in [9.17, 15) is 4.79 Å². The van der Waals surface area contributed by atoms with Gasteiger partial charge >= 0.3 is 5.97 Å². The first-order chi connectivity index (χ1) is 14.5. The molecule has 0 saturated heterocycles. The van der Waals surface area contributed by atoms with E-state index in [-0.39, 0.29) is 5.76 Å². The Balaban J connectivity index is 1.48. The lowest BCUT2D eigenvalue weighted by atomic mass is 9.84. The lowest BCUT2D eigenvalue weighted by Crippen LogP contribution is -2.25. The van der Waals surface area contributed by atoms with Crippen molar-refractivity contribution in [1.82, 2.24) is 0 Å². The van der Waals surface area contributed by atoms with Gasteiger partial charge in [-0.25, -0.2) is 4.79 Å². The van der Waals surface area contributed by atoms with Crippen LogP contribution >= 0.6 is 0 Å². The average molecular weight is 407 g/mol. The molecule has 0 spiro atoms. The van der Waals surface area contributed by atoms with Gasteiger partial charge in [-0.3, -0.25) is 0 Å². The number of aryl methyl sites for hydroxylation is 1. The maximum atomic E-state index is 11.1. The number of fused-ring (bicyclic) bond motifs is 1. The molecule has 1 unspecified atom stereocenters. The smallest absolute Gasteiger partial charge is 0.371 e. The molecule has 1 aliphatic rings. The second-order valence-corrected chi connectivity index (χ2v) is 8.47. The second-order valence-electron chi connectivity index (χ2n) is 8.47. The van der Waals surface area contributed by atoms with Crippen LogP contribution in [0.3, 0.4) is 0 Å². The predicted molar refractivity (Wildman–Crippen MR) is 119 cm³/mol. The molecule has 1 saturated carbocycles. The van der Waals surface area contributed by atoms with Gasteiger partial charge in [0.15, 0.2) is 0 Å². The Hall–Kier alpha value is -2.59. The summed E-state index contributed by atoms with van der Waals surface area (Å²) in [6.07, 6.45) is 8.09. The quantitative estimate of drug-likeness (QED) is 0.460. The fourth-order valence-corrected chi connectivity index (χ4v) is 4.75. The Kier molecular flexibility index (Phi) is 6.24. The molecular weight excluding hydrogens is 376 g/mol. The van der Waals surface area contributed by atoms with Crippen LogP contribution in [0.15, 0.2) is 46.9 Å². The van der Waals surface area contributed by atoms with E-state index >= 15 is 0 Å². The monoisotopic (exact) mass is 406 g/mol. The van der Waals surface area contributed by atoms with Crippen LogP contribution in [0.2, 0.25) is 0 Å². The highest BCUT2D eigenvalue weighted by Crippen LogP contribution is 2.31. The molecule has 1 N–H and O–H groups in total. The molecule has 0 aliphatic heterocycles. The molecule has 30 heavy (non-hydrogen) atoms. The van der Waals surface area contributed by atoms with Crippen LogP contribution < -0.4 is 0 Å². The Bertz CT molecular complexity index is 1030. The molecular formula is C26H30O4. The van der Waals surface area contributed by atoms with Crippen LogP contribution in [0.4, 0.5) is 0 Å². The van der Waals surface area contributed by atoms with E-state index in [1.165, 1.54) is 43.2 Å². The largest absolute Gasteiger partial charge is 0.475 e. The van der Waals surface area contributed by atoms with Gasteiger partial charge in [0.2, 0.25) is 5.76 Å². The van der Waals surface area contributed by atoms with Gasteiger partial charge in [0.05, 0.1) is 12.7 Å². The van der Waals surface area contributed by atoms with E-state index < -0.39 is 5.97 Å². The normalized spacial score (nSPS) is 16.1. The van der Waals surface area contributed by atoms with Gasteiger partial charge in [0.25, 0.3) is 0 Å². The first-order valence-corrected chi connectivity index (χ1v) is 11.0.